The average molecular weight is 138 g/mol. The van der Waals surface area contributed by atoms with Crippen LogP contribution in [0.15, 0.2) is 0 Å². The van der Waals surface area contributed by atoms with Crippen LogP contribution in [-0.2, 0) is 0 Å². The molecule has 0 aromatic rings. The second kappa shape index (κ2) is 8.56. The Labute approximate surface area is 65.0 Å². The van der Waals surface area contributed by atoms with E-state index in [2.05, 4.69) is 12.8 Å². The molecule has 0 aliphatic rings. The Morgan fingerprint density at radius 1 is 1.00 bits per heavy atom. The summed E-state index contributed by atoms with van der Waals surface area (Å²) in [4.78, 5) is 0. The van der Waals surface area contributed by atoms with Crippen LogP contribution in [0, 0.1) is 12.3 Å². The third kappa shape index (κ3) is 7.56. The van der Waals surface area contributed by atoms with E-state index in [4.69, 9.17) is 6.42 Å². The molecule has 0 spiro atoms. The molecule has 0 N–H and O–H groups in total. The minimum atomic E-state index is 0.964. The van der Waals surface area contributed by atoms with E-state index < -0.39 is 0 Å². The van der Waals surface area contributed by atoms with E-state index in [0.29, 0.717) is 0 Å². The molecule has 0 fully saturated rings. The van der Waals surface area contributed by atoms with Gasteiger partial charge in [-0.2, -0.15) is 0 Å². The van der Waals surface area contributed by atoms with Gasteiger partial charge in [0.1, 0.15) is 0 Å². The molecule has 0 bridgehead atoms. The van der Waals surface area contributed by atoms with Gasteiger partial charge in [-0.1, -0.05) is 39.0 Å². The van der Waals surface area contributed by atoms with E-state index in [1.807, 2.05) is 0 Å². The second-order valence-electron chi connectivity index (χ2n) is 2.72. The van der Waals surface area contributed by atoms with Crippen molar-refractivity contribution in [3.05, 3.63) is 0 Å². The minimum Gasteiger partial charge on any atom is -0.120 e. The van der Waals surface area contributed by atoms with Crippen molar-refractivity contribution in [3.63, 3.8) is 0 Å². The molecule has 0 heteroatoms. The van der Waals surface area contributed by atoms with Crippen molar-refractivity contribution in [1.82, 2.24) is 0 Å². The summed E-state index contributed by atoms with van der Waals surface area (Å²) in [5.41, 5.74) is 0. The predicted octanol–water partition coefficient (Wildman–Crippen LogP) is 3.37. The number of rotatable bonds is 6. The van der Waals surface area contributed by atoms with E-state index >= 15 is 0 Å². The lowest BCUT2D eigenvalue weighted by Crippen LogP contribution is -1.77. The molecule has 0 rings (SSSR count). The Balaban J connectivity index is 2.72. The maximum absolute atomic E-state index is 5.12. The first-order valence-corrected chi connectivity index (χ1v) is 4.35. The summed E-state index contributed by atoms with van der Waals surface area (Å²) in [6, 6.07) is 0. The minimum absolute atomic E-state index is 0.964. The van der Waals surface area contributed by atoms with Crippen molar-refractivity contribution in [2.75, 3.05) is 0 Å². The van der Waals surface area contributed by atoms with Crippen molar-refractivity contribution in [2.45, 2.75) is 51.9 Å². The molecule has 0 aliphatic heterocycles. The Kier molecular flexibility index (Phi) is 8.18. The third-order valence-corrected chi connectivity index (χ3v) is 1.67. The average Bonchev–Trinajstić information content (AvgIpc) is 1.97. The van der Waals surface area contributed by atoms with Crippen molar-refractivity contribution < 1.29 is 0 Å². The molecule has 0 saturated heterocycles. The monoisotopic (exact) mass is 138 g/mol. The molecule has 10 heavy (non-hydrogen) atoms. The van der Waals surface area contributed by atoms with Gasteiger partial charge in [-0.3, -0.25) is 0 Å². The first-order valence-electron chi connectivity index (χ1n) is 4.35. The van der Waals surface area contributed by atoms with Gasteiger partial charge in [-0.15, -0.1) is 12.3 Å². The SMILES string of the molecule is C#CCCCCCCCC. The smallest absolute Gasteiger partial charge is 0.00860 e. The van der Waals surface area contributed by atoms with Crippen LogP contribution in [0.3, 0.4) is 0 Å². The zero-order valence-electron chi connectivity index (χ0n) is 7.03. The quantitative estimate of drug-likeness (QED) is 0.390. The van der Waals surface area contributed by atoms with E-state index in [9.17, 15) is 0 Å². The number of terminal acetylenes is 1. The predicted molar refractivity (Wildman–Crippen MR) is 46.8 cm³/mol. The molecule has 0 unspecified atom stereocenters. The summed E-state index contributed by atoms with van der Waals surface area (Å²) in [5, 5.41) is 0. The summed E-state index contributed by atoms with van der Waals surface area (Å²) in [6.07, 6.45) is 14.1. The molecule has 0 aliphatic carbocycles. The van der Waals surface area contributed by atoms with Crippen LogP contribution in [0.5, 0.6) is 0 Å². The summed E-state index contributed by atoms with van der Waals surface area (Å²) >= 11 is 0. The van der Waals surface area contributed by atoms with Gasteiger partial charge < -0.3 is 0 Å². The number of hydrogen-bond donors (Lipinski definition) is 0. The van der Waals surface area contributed by atoms with Gasteiger partial charge in [0, 0.05) is 6.42 Å². The summed E-state index contributed by atoms with van der Waals surface area (Å²) < 4.78 is 0. The van der Waals surface area contributed by atoms with Gasteiger partial charge in [0.05, 0.1) is 0 Å². The molecule has 0 amide bonds. The summed E-state index contributed by atoms with van der Waals surface area (Å²) in [6.45, 7) is 2.24. The van der Waals surface area contributed by atoms with Gasteiger partial charge in [0.2, 0.25) is 0 Å². The molecule has 0 atom stereocenters. The first-order chi connectivity index (χ1) is 4.91. The number of hydrogen-bond acceptors (Lipinski definition) is 0. The molecule has 0 aromatic heterocycles. The highest BCUT2D eigenvalue weighted by molar-refractivity contribution is 4.82. The van der Waals surface area contributed by atoms with Crippen LogP contribution in [0.4, 0.5) is 0 Å². The standard InChI is InChI=1S/C10H18/c1-3-5-7-9-10-8-6-4-2/h1H,4-10H2,2H3. The van der Waals surface area contributed by atoms with Crippen LogP contribution in [0.1, 0.15) is 51.9 Å². The highest BCUT2D eigenvalue weighted by Crippen LogP contribution is 2.05. The number of unbranched alkanes of at least 4 members (excludes halogenated alkanes) is 6. The largest absolute Gasteiger partial charge is 0.120 e. The normalized spacial score (nSPS) is 9.20. The fraction of sp³-hybridized carbons (Fsp3) is 0.800. The van der Waals surface area contributed by atoms with Crippen LogP contribution < -0.4 is 0 Å². The van der Waals surface area contributed by atoms with Crippen LogP contribution in [0.25, 0.3) is 0 Å². The maximum atomic E-state index is 5.12. The molecule has 0 heterocycles. The summed E-state index contributed by atoms with van der Waals surface area (Å²) in [5.74, 6) is 2.66. The van der Waals surface area contributed by atoms with Crippen LogP contribution in [-0.4, -0.2) is 0 Å². The van der Waals surface area contributed by atoms with Crippen molar-refractivity contribution in [2.24, 2.45) is 0 Å². The maximum Gasteiger partial charge on any atom is 0.00860 e. The third-order valence-electron chi connectivity index (χ3n) is 1.67. The van der Waals surface area contributed by atoms with Crippen molar-refractivity contribution >= 4 is 0 Å². The zero-order valence-corrected chi connectivity index (χ0v) is 7.03. The van der Waals surface area contributed by atoms with E-state index in [-0.39, 0.29) is 0 Å². The van der Waals surface area contributed by atoms with Gasteiger partial charge in [0.25, 0.3) is 0 Å². The molecule has 0 saturated carbocycles. The van der Waals surface area contributed by atoms with Gasteiger partial charge in [-0.25, -0.2) is 0 Å². The second-order valence-corrected chi connectivity index (χ2v) is 2.72. The van der Waals surface area contributed by atoms with Crippen LogP contribution >= 0.6 is 0 Å². The topological polar surface area (TPSA) is 0 Å². The lowest BCUT2D eigenvalue weighted by molar-refractivity contribution is 0.614. The van der Waals surface area contributed by atoms with E-state index in [0.717, 1.165) is 6.42 Å². The van der Waals surface area contributed by atoms with E-state index in [1.54, 1.807) is 0 Å². The molecular formula is C10H18. The van der Waals surface area contributed by atoms with Crippen LogP contribution in [0.2, 0.25) is 0 Å². The van der Waals surface area contributed by atoms with Gasteiger partial charge in [0.15, 0.2) is 0 Å². The molecule has 0 nitrogen and oxygen atoms in total. The molecular weight excluding hydrogens is 120 g/mol. The zero-order chi connectivity index (χ0) is 7.66. The van der Waals surface area contributed by atoms with Crippen molar-refractivity contribution in [1.29, 1.82) is 0 Å². The lowest BCUT2D eigenvalue weighted by Gasteiger charge is -1.95. The Morgan fingerprint density at radius 2 is 1.60 bits per heavy atom. The van der Waals surface area contributed by atoms with Gasteiger partial charge in [-0.05, 0) is 6.42 Å². The molecule has 58 valence electrons. The Morgan fingerprint density at radius 3 is 2.20 bits per heavy atom. The first kappa shape index (κ1) is 9.56. The van der Waals surface area contributed by atoms with E-state index in [1.165, 1.54) is 38.5 Å². The fourth-order valence-electron chi connectivity index (χ4n) is 1.01. The Bertz CT molecular complexity index is 86.7. The molecule has 0 radical (unpaired) electrons. The van der Waals surface area contributed by atoms with Gasteiger partial charge >= 0.3 is 0 Å². The Hall–Kier alpha value is -0.440. The highest BCUT2D eigenvalue weighted by Gasteiger charge is 1.86. The molecule has 0 aromatic carbocycles. The lowest BCUT2D eigenvalue weighted by atomic mass is 10.1. The highest BCUT2D eigenvalue weighted by atomic mass is 13.9. The fourth-order valence-corrected chi connectivity index (χ4v) is 1.01. The summed E-state index contributed by atoms with van der Waals surface area (Å²) in [7, 11) is 0. The van der Waals surface area contributed by atoms with Crippen molar-refractivity contribution in [3.8, 4) is 12.3 Å².